The summed E-state index contributed by atoms with van der Waals surface area (Å²) in [7, 11) is 0. The van der Waals surface area contributed by atoms with E-state index >= 15 is 0 Å². The smallest absolute Gasteiger partial charge is 0.416 e. The van der Waals surface area contributed by atoms with E-state index in [1.54, 1.807) is 0 Å². The Morgan fingerprint density at radius 2 is 1.37 bits per heavy atom. The van der Waals surface area contributed by atoms with Crippen LogP contribution in [0.15, 0.2) is 72.8 Å². The molecule has 3 rings (SSSR count). The summed E-state index contributed by atoms with van der Waals surface area (Å²) in [5.74, 6) is -0.488. The molecule has 2 amide bonds. The number of carbonyl (C=O) groups is 2. The first kappa shape index (κ1) is 25.0. The molecule has 2 N–H and O–H groups in total. The maximum absolute atomic E-state index is 12.6. The second-order valence-electron chi connectivity index (χ2n) is 7.10. The number of benzene rings is 3. The van der Waals surface area contributed by atoms with Crippen molar-refractivity contribution < 1.29 is 37.2 Å². The molecule has 0 bridgehead atoms. The predicted molar refractivity (Wildman–Crippen MR) is 117 cm³/mol. The summed E-state index contributed by atoms with van der Waals surface area (Å²) in [4.78, 5) is 34.3. The summed E-state index contributed by atoms with van der Waals surface area (Å²) in [6.07, 6.45) is -5.44. The minimum absolute atomic E-state index is 0.105. The van der Waals surface area contributed by atoms with E-state index in [4.69, 9.17) is 9.47 Å². The number of hydrazine groups is 1. The molecule has 1 unspecified atom stereocenters. The lowest BCUT2D eigenvalue weighted by atomic mass is 10.2. The summed E-state index contributed by atoms with van der Waals surface area (Å²) in [5.41, 5.74) is 3.52. The largest absolute Gasteiger partial charge is 0.481 e. The summed E-state index contributed by atoms with van der Waals surface area (Å²) in [5, 5.41) is 10.7. The zero-order valence-corrected chi connectivity index (χ0v) is 18.0. The maximum Gasteiger partial charge on any atom is 0.416 e. The molecule has 0 spiro atoms. The Hall–Kier alpha value is -4.61. The number of ether oxygens (including phenoxy) is 2. The van der Waals surface area contributed by atoms with Gasteiger partial charge in [0.2, 0.25) is 0 Å². The average Bonchev–Trinajstić information content (AvgIpc) is 2.83. The van der Waals surface area contributed by atoms with Gasteiger partial charge in [-0.05, 0) is 67.6 Å². The molecule has 3 aromatic carbocycles. The van der Waals surface area contributed by atoms with Crippen molar-refractivity contribution in [2.45, 2.75) is 19.2 Å². The van der Waals surface area contributed by atoms with E-state index in [0.29, 0.717) is 11.5 Å². The van der Waals surface area contributed by atoms with Crippen LogP contribution < -0.4 is 20.3 Å². The Morgan fingerprint density at radius 1 is 0.857 bits per heavy atom. The molecule has 0 heterocycles. The molecular formula is C23H18F3N3O6. The topological polar surface area (TPSA) is 120 Å². The van der Waals surface area contributed by atoms with Gasteiger partial charge in [0.25, 0.3) is 17.5 Å². The number of nitro groups is 1. The van der Waals surface area contributed by atoms with Crippen LogP contribution in [0, 0.1) is 10.1 Å². The molecule has 3 aromatic rings. The standard InChI is InChI=1S/C23H18F3N3O6/c1-14(21(30)27-28-22(31)15-2-6-17(7-3-15)29(32)33)34-18-10-12-20(13-11-18)35-19-8-4-16(5-9-19)23(24,25)26/h2-14H,1H3,(H,27,30)(H,28,31). The first-order chi connectivity index (χ1) is 16.5. The van der Waals surface area contributed by atoms with E-state index < -0.39 is 34.6 Å². The number of alkyl halides is 3. The number of hydrogen-bond acceptors (Lipinski definition) is 6. The van der Waals surface area contributed by atoms with Crippen LogP contribution in [-0.4, -0.2) is 22.8 Å². The Morgan fingerprint density at radius 3 is 1.89 bits per heavy atom. The number of nitrogens with one attached hydrogen (secondary N) is 2. The third kappa shape index (κ3) is 6.93. The summed E-state index contributed by atoms with van der Waals surface area (Å²) in [6, 6.07) is 15.0. The number of non-ortho nitro benzene ring substituents is 1. The Bertz CT molecular complexity index is 1200. The van der Waals surface area contributed by atoms with Crippen LogP contribution >= 0.6 is 0 Å². The Balaban J connectivity index is 1.49. The van der Waals surface area contributed by atoms with Crippen molar-refractivity contribution in [3.05, 3.63) is 94.0 Å². The Labute approximate surface area is 196 Å². The average molecular weight is 489 g/mol. The van der Waals surface area contributed by atoms with Crippen LogP contribution in [0.25, 0.3) is 0 Å². The summed E-state index contributed by atoms with van der Waals surface area (Å²) < 4.78 is 48.9. The minimum atomic E-state index is -4.44. The number of rotatable bonds is 7. The molecule has 35 heavy (non-hydrogen) atoms. The molecule has 0 aliphatic rings. The van der Waals surface area contributed by atoms with E-state index in [2.05, 4.69) is 10.9 Å². The normalized spacial score (nSPS) is 11.8. The monoisotopic (exact) mass is 489 g/mol. The number of amides is 2. The van der Waals surface area contributed by atoms with Crippen LogP contribution in [0.5, 0.6) is 17.2 Å². The van der Waals surface area contributed by atoms with Crippen LogP contribution in [0.4, 0.5) is 18.9 Å². The van der Waals surface area contributed by atoms with Gasteiger partial charge >= 0.3 is 6.18 Å². The number of carbonyl (C=O) groups excluding carboxylic acids is 2. The van der Waals surface area contributed by atoms with Crippen molar-refractivity contribution in [3.8, 4) is 17.2 Å². The molecule has 9 nitrogen and oxygen atoms in total. The molecule has 0 radical (unpaired) electrons. The highest BCUT2D eigenvalue weighted by Gasteiger charge is 2.30. The van der Waals surface area contributed by atoms with Crippen molar-refractivity contribution in [1.29, 1.82) is 0 Å². The quantitative estimate of drug-likeness (QED) is 0.369. The van der Waals surface area contributed by atoms with E-state index in [1.807, 2.05) is 0 Å². The molecule has 0 aliphatic carbocycles. The third-order valence-corrected chi connectivity index (χ3v) is 4.56. The highest BCUT2D eigenvalue weighted by molar-refractivity contribution is 5.95. The first-order valence-corrected chi connectivity index (χ1v) is 9.99. The number of hydrogen-bond donors (Lipinski definition) is 2. The zero-order chi connectivity index (χ0) is 25.6. The van der Waals surface area contributed by atoms with Gasteiger partial charge in [0.1, 0.15) is 17.2 Å². The van der Waals surface area contributed by atoms with Crippen LogP contribution in [-0.2, 0) is 11.0 Å². The Kier molecular flexibility index (Phi) is 7.54. The first-order valence-electron chi connectivity index (χ1n) is 9.99. The molecule has 1 atom stereocenters. The fourth-order valence-electron chi connectivity index (χ4n) is 2.72. The molecule has 0 aromatic heterocycles. The number of nitrogens with zero attached hydrogens (tertiary/aromatic N) is 1. The molecule has 0 saturated heterocycles. The number of nitro benzene ring substituents is 1. The van der Waals surface area contributed by atoms with Crippen molar-refractivity contribution >= 4 is 17.5 Å². The summed E-state index contributed by atoms with van der Waals surface area (Å²) in [6.45, 7) is 1.44. The fraction of sp³-hybridized carbons (Fsp3) is 0.130. The minimum Gasteiger partial charge on any atom is -0.481 e. The van der Waals surface area contributed by atoms with Crippen LogP contribution in [0.1, 0.15) is 22.8 Å². The van der Waals surface area contributed by atoms with E-state index in [1.165, 1.54) is 55.5 Å². The lowest BCUT2D eigenvalue weighted by Gasteiger charge is -2.15. The van der Waals surface area contributed by atoms with Crippen LogP contribution in [0.2, 0.25) is 0 Å². The van der Waals surface area contributed by atoms with Gasteiger partial charge in [0.05, 0.1) is 10.5 Å². The van der Waals surface area contributed by atoms with Gasteiger partial charge in [-0.3, -0.25) is 30.6 Å². The van der Waals surface area contributed by atoms with Crippen molar-refractivity contribution in [2.75, 3.05) is 0 Å². The van der Waals surface area contributed by atoms with Gasteiger partial charge in [-0.1, -0.05) is 0 Å². The van der Waals surface area contributed by atoms with Gasteiger partial charge in [0, 0.05) is 17.7 Å². The molecule has 12 heteroatoms. The van der Waals surface area contributed by atoms with E-state index in [9.17, 15) is 32.9 Å². The third-order valence-electron chi connectivity index (χ3n) is 4.56. The van der Waals surface area contributed by atoms with Gasteiger partial charge in [-0.25, -0.2) is 0 Å². The second kappa shape index (κ2) is 10.5. The fourth-order valence-corrected chi connectivity index (χ4v) is 2.72. The van der Waals surface area contributed by atoms with Crippen molar-refractivity contribution in [2.24, 2.45) is 0 Å². The molecule has 0 fully saturated rings. The lowest BCUT2D eigenvalue weighted by molar-refractivity contribution is -0.384. The van der Waals surface area contributed by atoms with E-state index in [0.717, 1.165) is 24.3 Å². The molecule has 182 valence electrons. The van der Waals surface area contributed by atoms with Crippen LogP contribution in [0.3, 0.4) is 0 Å². The molecule has 0 saturated carbocycles. The highest BCUT2D eigenvalue weighted by Crippen LogP contribution is 2.31. The number of halogens is 3. The lowest BCUT2D eigenvalue weighted by Crippen LogP contribution is -2.47. The van der Waals surface area contributed by atoms with Gasteiger partial charge in [-0.2, -0.15) is 13.2 Å². The predicted octanol–water partition coefficient (Wildman–Crippen LogP) is 4.63. The van der Waals surface area contributed by atoms with Crippen molar-refractivity contribution in [3.63, 3.8) is 0 Å². The zero-order valence-electron chi connectivity index (χ0n) is 18.0. The van der Waals surface area contributed by atoms with Gasteiger partial charge in [-0.15, -0.1) is 0 Å². The SMILES string of the molecule is CC(Oc1ccc(Oc2ccc(C(F)(F)F)cc2)cc1)C(=O)NNC(=O)c1ccc([N+](=O)[O-])cc1. The maximum atomic E-state index is 12.6. The molecule has 0 aliphatic heterocycles. The second-order valence-corrected chi connectivity index (χ2v) is 7.10. The van der Waals surface area contributed by atoms with Crippen molar-refractivity contribution in [1.82, 2.24) is 10.9 Å². The van der Waals surface area contributed by atoms with Gasteiger partial charge in [0.15, 0.2) is 6.10 Å². The highest BCUT2D eigenvalue weighted by atomic mass is 19.4. The van der Waals surface area contributed by atoms with Gasteiger partial charge < -0.3 is 9.47 Å². The molecular weight excluding hydrogens is 471 g/mol. The summed E-state index contributed by atoms with van der Waals surface area (Å²) >= 11 is 0. The van der Waals surface area contributed by atoms with E-state index in [-0.39, 0.29) is 17.0 Å².